The fourth-order valence-corrected chi connectivity index (χ4v) is 4.37. The molecule has 0 bridgehead atoms. The molecule has 1 aliphatic rings. The number of hydrogen-bond acceptors (Lipinski definition) is 7. The first kappa shape index (κ1) is 25.6. The van der Waals surface area contributed by atoms with Crippen LogP contribution in [-0.4, -0.2) is 77.8 Å². The molecule has 1 saturated heterocycles. The highest BCUT2D eigenvalue weighted by atomic mass is 16.5. The molecule has 2 heterocycles. The quantitative estimate of drug-likeness (QED) is 0.384. The molecular weight excluding hydrogens is 462 g/mol. The van der Waals surface area contributed by atoms with Crippen molar-refractivity contribution in [1.29, 1.82) is 0 Å². The lowest BCUT2D eigenvalue weighted by atomic mass is 10.0. The predicted octanol–water partition coefficient (Wildman–Crippen LogP) is 2.34. The van der Waals surface area contributed by atoms with Gasteiger partial charge in [0.15, 0.2) is 0 Å². The van der Waals surface area contributed by atoms with E-state index in [1.54, 1.807) is 16.7 Å². The Morgan fingerprint density at radius 1 is 1.22 bits per heavy atom. The Morgan fingerprint density at radius 3 is 2.75 bits per heavy atom. The minimum Gasteiger partial charge on any atom is -0.494 e. The van der Waals surface area contributed by atoms with Crippen LogP contribution in [0.1, 0.15) is 31.4 Å². The number of benzene rings is 2. The molecule has 192 valence electrons. The first-order chi connectivity index (χ1) is 17.6. The molecule has 4 rings (SSSR count). The third kappa shape index (κ3) is 6.19. The predicted molar refractivity (Wildman–Crippen MR) is 133 cm³/mol. The van der Waals surface area contributed by atoms with Gasteiger partial charge in [0, 0.05) is 26.8 Å². The summed E-state index contributed by atoms with van der Waals surface area (Å²) in [7, 11) is 1.58. The van der Waals surface area contributed by atoms with E-state index >= 15 is 0 Å². The van der Waals surface area contributed by atoms with Gasteiger partial charge in [0.1, 0.15) is 23.9 Å². The summed E-state index contributed by atoms with van der Waals surface area (Å²) in [4.78, 5) is 28.9. The van der Waals surface area contributed by atoms with Crippen molar-refractivity contribution >= 4 is 22.8 Å². The van der Waals surface area contributed by atoms with E-state index < -0.39 is 6.04 Å². The average molecular weight is 496 g/mol. The van der Waals surface area contributed by atoms with E-state index in [2.05, 4.69) is 15.6 Å². The second kappa shape index (κ2) is 12.5. The van der Waals surface area contributed by atoms with Gasteiger partial charge in [-0.3, -0.25) is 9.59 Å². The number of ether oxygens (including phenoxy) is 3. The average Bonchev–Trinajstić information content (AvgIpc) is 3.55. The van der Waals surface area contributed by atoms with E-state index in [0.29, 0.717) is 49.7 Å². The molecule has 2 atom stereocenters. The number of methoxy groups -OCH3 is 1. The van der Waals surface area contributed by atoms with Gasteiger partial charge in [-0.2, -0.15) is 0 Å². The molecule has 36 heavy (non-hydrogen) atoms. The molecule has 0 aliphatic carbocycles. The van der Waals surface area contributed by atoms with Crippen LogP contribution in [0.4, 0.5) is 0 Å². The van der Waals surface area contributed by atoms with Gasteiger partial charge >= 0.3 is 0 Å². The summed E-state index contributed by atoms with van der Waals surface area (Å²) in [5, 5.41) is 11.2. The van der Waals surface area contributed by atoms with Crippen molar-refractivity contribution in [3.05, 3.63) is 54.1 Å². The van der Waals surface area contributed by atoms with Gasteiger partial charge in [0.05, 0.1) is 24.8 Å². The zero-order valence-corrected chi connectivity index (χ0v) is 20.8. The molecule has 10 heteroatoms. The highest BCUT2D eigenvalue weighted by Gasteiger charge is 2.34. The molecule has 3 aromatic rings. The minimum atomic E-state index is -0.857. The largest absolute Gasteiger partial charge is 0.494 e. The molecule has 0 radical (unpaired) electrons. The van der Waals surface area contributed by atoms with E-state index in [-0.39, 0.29) is 24.5 Å². The second-order valence-electron chi connectivity index (χ2n) is 8.61. The monoisotopic (exact) mass is 495 g/mol. The topological polar surface area (TPSA) is 108 Å². The molecule has 0 saturated carbocycles. The first-order valence-corrected chi connectivity index (χ1v) is 12.3. The van der Waals surface area contributed by atoms with Gasteiger partial charge in [-0.15, -0.1) is 5.10 Å². The zero-order chi connectivity index (χ0) is 25.3. The third-order valence-electron chi connectivity index (χ3n) is 6.12. The molecule has 2 aromatic carbocycles. The zero-order valence-electron chi connectivity index (χ0n) is 20.8. The summed E-state index contributed by atoms with van der Waals surface area (Å²) in [5.41, 5.74) is 2.14. The summed E-state index contributed by atoms with van der Waals surface area (Å²) in [6.45, 7) is 4.04. The number of hydrogen-bond donors (Lipinski definition) is 1. The van der Waals surface area contributed by atoms with Crippen molar-refractivity contribution in [2.45, 2.75) is 38.5 Å². The molecule has 1 aliphatic heterocycles. The number of nitrogens with zero attached hydrogens (tertiary/aromatic N) is 4. The van der Waals surface area contributed by atoms with Crippen LogP contribution in [0, 0.1) is 0 Å². The van der Waals surface area contributed by atoms with Crippen molar-refractivity contribution in [3.63, 3.8) is 0 Å². The van der Waals surface area contributed by atoms with E-state index in [4.69, 9.17) is 14.2 Å². The summed E-state index contributed by atoms with van der Waals surface area (Å²) < 4.78 is 18.1. The van der Waals surface area contributed by atoms with Crippen LogP contribution in [-0.2, 0) is 25.6 Å². The van der Waals surface area contributed by atoms with Gasteiger partial charge in [-0.05, 0) is 49.6 Å². The Kier molecular flexibility index (Phi) is 8.85. The Labute approximate surface area is 210 Å². The van der Waals surface area contributed by atoms with Crippen molar-refractivity contribution < 1.29 is 23.8 Å². The Balaban J connectivity index is 1.66. The summed E-state index contributed by atoms with van der Waals surface area (Å²) in [6, 6.07) is 13.9. The molecule has 1 N–H and O–H groups in total. The normalized spacial score (nSPS) is 16.1. The molecule has 0 unspecified atom stereocenters. The first-order valence-electron chi connectivity index (χ1n) is 12.3. The molecule has 1 fully saturated rings. The second-order valence-corrected chi connectivity index (χ2v) is 8.61. The minimum absolute atomic E-state index is 0.0495. The highest BCUT2D eigenvalue weighted by Crippen LogP contribution is 2.27. The molecular formula is C26H33N5O5. The van der Waals surface area contributed by atoms with Gasteiger partial charge in [-0.1, -0.05) is 29.5 Å². The maximum Gasteiger partial charge on any atom is 0.247 e. The number of amides is 2. The maximum atomic E-state index is 13.8. The van der Waals surface area contributed by atoms with Crippen molar-refractivity contribution in [1.82, 2.24) is 25.2 Å². The van der Waals surface area contributed by atoms with Crippen LogP contribution in [0.5, 0.6) is 5.75 Å². The molecule has 1 aromatic heterocycles. The highest BCUT2D eigenvalue weighted by molar-refractivity contribution is 5.89. The van der Waals surface area contributed by atoms with Crippen LogP contribution >= 0.6 is 0 Å². The van der Waals surface area contributed by atoms with Crippen LogP contribution in [0.25, 0.3) is 11.0 Å². The Morgan fingerprint density at radius 2 is 2.03 bits per heavy atom. The van der Waals surface area contributed by atoms with Gasteiger partial charge in [0.25, 0.3) is 0 Å². The number of rotatable bonds is 12. The van der Waals surface area contributed by atoms with Gasteiger partial charge in [-0.25, -0.2) is 4.68 Å². The lowest BCUT2D eigenvalue weighted by Gasteiger charge is -2.33. The lowest BCUT2D eigenvalue weighted by molar-refractivity contribution is -0.143. The van der Waals surface area contributed by atoms with Crippen LogP contribution in [0.3, 0.4) is 0 Å². The number of carbonyl (C=O) groups is 2. The maximum absolute atomic E-state index is 13.8. The van der Waals surface area contributed by atoms with E-state index in [9.17, 15) is 9.59 Å². The molecule has 2 amide bonds. The number of aromatic nitrogens is 3. The summed E-state index contributed by atoms with van der Waals surface area (Å²) >= 11 is 0. The smallest absolute Gasteiger partial charge is 0.247 e. The fourth-order valence-electron chi connectivity index (χ4n) is 4.37. The third-order valence-corrected chi connectivity index (χ3v) is 6.12. The lowest BCUT2D eigenvalue weighted by Crippen LogP contribution is -2.48. The summed E-state index contributed by atoms with van der Waals surface area (Å²) in [5.74, 6) is 0.166. The van der Waals surface area contributed by atoms with Gasteiger partial charge in [0.2, 0.25) is 11.8 Å². The van der Waals surface area contributed by atoms with Crippen molar-refractivity contribution in [2.24, 2.45) is 0 Å². The summed E-state index contributed by atoms with van der Waals surface area (Å²) in [6.07, 6.45) is 1.62. The van der Waals surface area contributed by atoms with Crippen LogP contribution in [0.2, 0.25) is 0 Å². The van der Waals surface area contributed by atoms with Crippen LogP contribution in [0.15, 0.2) is 48.5 Å². The van der Waals surface area contributed by atoms with Crippen LogP contribution < -0.4 is 10.1 Å². The fraction of sp³-hybridized carbons (Fsp3) is 0.462. The van der Waals surface area contributed by atoms with E-state index in [1.165, 1.54) is 0 Å². The van der Waals surface area contributed by atoms with Crippen molar-refractivity contribution in [3.8, 4) is 5.75 Å². The number of carbonyl (C=O) groups excluding carboxylic acids is 2. The Bertz CT molecular complexity index is 1140. The number of para-hydroxylation sites is 1. The van der Waals surface area contributed by atoms with Gasteiger partial charge < -0.3 is 24.4 Å². The van der Waals surface area contributed by atoms with Crippen molar-refractivity contribution in [2.75, 3.05) is 40.0 Å². The SMILES string of the molecule is CCOc1ccc([C@H](C(=O)NCCOC)N(C[C@@H]2CCCO2)C(=O)Cn2nnc3ccccc32)cc1. The molecule has 0 spiro atoms. The number of fused-ring (bicyclic) bond motifs is 1. The van der Waals surface area contributed by atoms with E-state index in [1.807, 2.05) is 55.5 Å². The molecule has 10 nitrogen and oxygen atoms in total. The standard InChI is InChI=1S/C26H33N5O5/c1-3-35-20-12-10-19(11-13-20)25(26(33)27-14-16-34-2)30(17-21-7-6-15-36-21)24(32)18-31-23-9-5-4-8-22(23)28-29-31/h4-5,8-13,21,25H,3,6-7,14-18H2,1-2H3,(H,27,33)/t21-,25+/m0/s1. The van der Waals surface area contributed by atoms with E-state index in [0.717, 1.165) is 18.4 Å². The number of nitrogens with one attached hydrogen (secondary N) is 1. The Hall–Kier alpha value is -3.50.